The molecule has 1 aliphatic heterocycles. The van der Waals surface area contributed by atoms with Crippen LogP contribution < -0.4 is 5.32 Å². The number of alkyl halides is 6. The highest BCUT2D eigenvalue weighted by Crippen LogP contribution is 2.41. The second-order valence-electron chi connectivity index (χ2n) is 4.54. The second-order valence-corrected chi connectivity index (χ2v) is 4.54. The summed E-state index contributed by atoms with van der Waals surface area (Å²) in [5.74, 6) is -1.69. The van der Waals surface area contributed by atoms with Crippen LogP contribution in [0.3, 0.4) is 0 Å². The topological polar surface area (TPSA) is 38.3 Å². The first kappa shape index (κ1) is 19.3. The van der Waals surface area contributed by atoms with E-state index in [0.717, 1.165) is 0 Å². The number of amides is 1. The van der Waals surface area contributed by atoms with E-state index >= 15 is 0 Å². The third-order valence-electron chi connectivity index (χ3n) is 3.04. The summed E-state index contributed by atoms with van der Waals surface area (Å²) in [7, 11) is 0. The average Bonchev–Trinajstić information content (AvgIpc) is 2.35. The third kappa shape index (κ3) is 4.18. The Morgan fingerprint density at radius 1 is 1.09 bits per heavy atom. The zero-order chi connectivity index (χ0) is 16.7. The van der Waals surface area contributed by atoms with Gasteiger partial charge in [-0.1, -0.05) is 0 Å². The number of hydrogen-bond acceptors (Lipinski definition) is 2. The fourth-order valence-electron chi connectivity index (χ4n) is 2.11. The van der Waals surface area contributed by atoms with E-state index in [1.165, 1.54) is 0 Å². The largest absolute Gasteiger partial charge is 0.449 e. The molecule has 0 saturated carbocycles. The van der Waals surface area contributed by atoms with Crippen molar-refractivity contribution in [3.63, 3.8) is 0 Å². The summed E-state index contributed by atoms with van der Waals surface area (Å²) >= 11 is 0. The molecule has 11 heteroatoms. The maximum atomic E-state index is 13.9. The molecule has 130 valence electrons. The van der Waals surface area contributed by atoms with Crippen LogP contribution in [-0.2, 0) is 17.1 Å². The van der Waals surface area contributed by atoms with Gasteiger partial charge < -0.3 is 10.1 Å². The van der Waals surface area contributed by atoms with Crippen molar-refractivity contribution in [3.8, 4) is 0 Å². The Bertz CT molecular complexity index is 600. The summed E-state index contributed by atoms with van der Waals surface area (Å²) in [6.07, 6.45) is -11.6. The summed E-state index contributed by atoms with van der Waals surface area (Å²) in [6.45, 7) is -0.270. The highest BCUT2D eigenvalue weighted by atomic mass is 35.5. The van der Waals surface area contributed by atoms with Crippen LogP contribution >= 0.6 is 12.4 Å². The molecule has 0 spiro atoms. The Morgan fingerprint density at radius 3 is 2.17 bits per heavy atom. The number of hydrogen-bond donors (Lipinski definition) is 1. The molecule has 0 aromatic heterocycles. The Hall–Kier alpha value is -1.71. The van der Waals surface area contributed by atoms with Crippen LogP contribution in [0.15, 0.2) is 12.1 Å². The van der Waals surface area contributed by atoms with E-state index in [-0.39, 0.29) is 37.6 Å². The van der Waals surface area contributed by atoms with Crippen LogP contribution in [0.2, 0.25) is 0 Å². The number of rotatable bonds is 1. The fourth-order valence-corrected chi connectivity index (χ4v) is 2.11. The Morgan fingerprint density at radius 2 is 1.70 bits per heavy atom. The molecule has 1 N–H and O–H groups in total. The normalized spacial score (nSPS) is 18.7. The van der Waals surface area contributed by atoms with Crippen molar-refractivity contribution in [3.05, 3.63) is 34.6 Å². The standard InChI is InChI=1S/C12H8F7NO2.ClH/c13-7-4-5(11(14,15)16)3-6(12(17,18)19)9(7)8-1-2-22-10(21)20-8;/h3-4,8H,1-2H2,(H,20,21);1H/t8-;/m0./s1. The van der Waals surface area contributed by atoms with Crippen molar-refractivity contribution in [2.75, 3.05) is 6.61 Å². The molecule has 1 saturated heterocycles. The van der Waals surface area contributed by atoms with Crippen molar-refractivity contribution in [2.45, 2.75) is 24.8 Å². The van der Waals surface area contributed by atoms with Crippen LogP contribution in [0.5, 0.6) is 0 Å². The highest BCUT2D eigenvalue weighted by Gasteiger charge is 2.42. The number of alkyl carbamates (subject to hydrolysis) is 1. The van der Waals surface area contributed by atoms with E-state index in [9.17, 15) is 35.5 Å². The first-order chi connectivity index (χ1) is 10.00. The number of ether oxygens (including phenoxy) is 1. The molecule has 0 unspecified atom stereocenters. The number of cyclic esters (lactones) is 1. The lowest BCUT2D eigenvalue weighted by molar-refractivity contribution is -0.144. The highest BCUT2D eigenvalue weighted by molar-refractivity contribution is 5.85. The lowest BCUT2D eigenvalue weighted by Gasteiger charge is -2.27. The van der Waals surface area contributed by atoms with Gasteiger partial charge >= 0.3 is 18.4 Å². The van der Waals surface area contributed by atoms with Gasteiger partial charge in [0.15, 0.2) is 0 Å². The molecule has 0 bridgehead atoms. The van der Waals surface area contributed by atoms with Gasteiger partial charge in [0.05, 0.1) is 23.8 Å². The summed E-state index contributed by atoms with van der Waals surface area (Å²) in [5.41, 5.74) is -4.55. The van der Waals surface area contributed by atoms with Crippen molar-refractivity contribution in [1.29, 1.82) is 0 Å². The first-order valence-corrected chi connectivity index (χ1v) is 5.91. The molecular formula is C12H9ClF7NO2. The zero-order valence-electron chi connectivity index (χ0n) is 11.0. The van der Waals surface area contributed by atoms with E-state index in [0.29, 0.717) is 0 Å². The summed E-state index contributed by atoms with van der Waals surface area (Å²) < 4.78 is 94.9. The van der Waals surface area contributed by atoms with Crippen LogP contribution in [-0.4, -0.2) is 12.7 Å². The summed E-state index contributed by atoms with van der Waals surface area (Å²) in [4.78, 5) is 11.0. The number of benzene rings is 1. The van der Waals surface area contributed by atoms with Gasteiger partial charge in [-0.25, -0.2) is 9.18 Å². The second kappa shape index (κ2) is 6.42. The molecule has 1 amide bonds. The van der Waals surface area contributed by atoms with Gasteiger partial charge in [0.2, 0.25) is 0 Å². The number of carbonyl (C=O) groups excluding carboxylic acids is 1. The molecule has 1 aromatic carbocycles. The van der Waals surface area contributed by atoms with E-state index in [1.54, 1.807) is 0 Å². The van der Waals surface area contributed by atoms with Gasteiger partial charge in [0, 0.05) is 12.0 Å². The molecule has 1 atom stereocenters. The molecule has 0 aliphatic carbocycles. The van der Waals surface area contributed by atoms with Gasteiger partial charge in [-0.2, -0.15) is 26.3 Å². The predicted molar refractivity (Wildman–Crippen MR) is 65.5 cm³/mol. The van der Waals surface area contributed by atoms with Gasteiger partial charge in [0.25, 0.3) is 0 Å². The van der Waals surface area contributed by atoms with Gasteiger partial charge in [-0.15, -0.1) is 12.4 Å². The molecule has 1 aromatic rings. The van der Waals surface area contributed by atoms with Crippen LogP contribution in [0.4, 0.5) is 35.5 Å². The SMILES string of the molecule is Cl.O=C1N[C@H](c2c(F)cc(C(F)(F)F)cc2C(F)(F)F)CCO1. The lowest BCUT2D eigenvalue weighted by atomic mass is 9.94. The number of carbonyl (C=O) groups is 1. The van der Waals surface area contributed by atoms with Crippen molar-refractivity contribution in [2.24, 2.45) is 0 Å². The van der Waals surface area contributed by atoms with Crippen LogP contribution in [0, 0.1) is 5.82 Å². The maximum Gasteiger partial charge on any atom is 0.416 e. The Labute approximate surface area is 131 Å². The molecule has 1 heterocycles. The van der Waals surface area contributed by atoms with Crippen molar-refractivity contribution in [1.82, 2.24) is 5.32 Å². The monoisotopic (exact) mass is 367 g/mol. The fraction of sp³-hybridized carbons (Fsp3) is 0.417. The van der Waals surface area contributed by atoms with Crippen LogP contribution in [0.1, 0.15) is 29.2 Å². The Balaban J connectivity index is 0.00000264. The summed E-state index contributed by atoms with van der Waals surface area (Å²) in [5, 5.41) is 1.96. The Kier molecular flexibility index (Phi) is 5.40. The van der Waals surface area contributed by atoms with Crippen LogP contribution in [0.25, 0.3) is 0 Å². The minimum absolute atomic E-state index is 0. The van der Waals surface area contributed by atoms with E-state index < -0.39 is 47.0 Å². The molecular weight excluding hydrogens is 359 g/mol. The van der Waals surface area contributed by atoms with Gasteiger partial charge in [-0.3, -0.25) is 0 Å². The summed E-state index contributed by atoms with van der Waals surface area (Å²) in [6, 6.07) is -1.60. The third-order valence-corrected chi connectivity index (χ3v) is 3.04. The van der Waals surface area contributed by atoms with Gasteiger partial charge in [-0.05, 0) is 12.1 Å². The molecule has 1 aliphatic rings. The maximum absolute atomic E-state index is 13.9. The minimum atomic E-state index is -5.21. The predicted octanol–water partition coefficient (Wildman–Crippen LogP) is 4.46. The molecule has 1 fully saturated rings. The first-order valence-electron chi connectivity index (χ1n) is 5.91. The molecule has 23 heavy (non-hydrogen) atoms. The number of nitrogens with one attached hydrogen (secondary N) is 1. The molecule has 2 rings (SSSR count). The molecule has 0 radical (unpaired) electrons. The van der Waals surface area contributed by atoms with E-state index in [2.05, 4.69) is 4.74 Å². The lowest BCUT2D eigenvalue weighted by Crippen LogP contribution is -2.37. The average molecular weight is 368 g/mol. The van der Waals surface area contributed by atoms with Gasteiger partial charge in [0.1, 0.15) is 5.82 Å². The van der Waals surface area contributed by atoms with Crippen molar-refractivity contribution < 1.29 is 40.3 Å². The zero-order valence-corrected chi connectivity index (χ0v) is 11.8. The quantitative estimate of drug-likeness (QED) is 0.744. The number of halogens is 8. The van der Waals surface area contributed by atoms with Crippen molar-refractivity contribution >= 4 is 18.5 Å². The smallest absolute Gasteiger partial charge is 0.416 e. The molecule has 3 nitrogen and oxygen atoms in total. The van der Waals surface area contributed by atoms with E-state index in [1.807, 2.05) is 5.32 Å². The minimum Gasteiger partial charge on any atom is -0.449 e. The van der Waals surface area contributed by atoms with E-state index in [4.69, 9.17) is 0 Å².